The average Bonchev–Trinajstić information content (AvgIpc) is 3.07. The molecule has 0 aliphatic carbocycles. The van der Waals surface area contributed by atoms with E-state index in [0.29, 0.717) is 24.4 Å². The predicted octanol–water partition coefficient (Wildman–Crippen LogP) is 2.02. The predicted molar refractivity (Wildman–Crippen MR) is 78.7 cm³/mol. The van der Waals surface area contributed by atoms with Gasteiger partial charge < -0.3 is 4.57 Å². The fraction of sp³-hybridized carbons (Fsp3) is 0.286. The lowest BCUT2D eigenvalue weighted by Crippen LogP contribution is -2.06. The highest BCUT2D eigenvalue weighted by Gasteiger charge is 2.11. The van der Waals surface area contributed by atoms with Crippen molar-refractivity contribution in [3.05, 3.63) is 41.7 Å². The van der Waals surface area contributed by atoms with Crippen LogP contribution in [0.5, 0.6) is 0 Å². The largest absolute Gasteiger partial charge is 0.326 e. The molecule has 3 aromatic rings. The molecule has 7 heteroatoms. The molecule has 0 unspecified atom stereocenters. The Morgan fingerprint density at radius 3 is 2.90 bits per heavy atom. The summed E-state index contributed by atoms with van der Waals surface area (Å²) in [6.07, 6.45) is 2.37. The first-order valence-electron chi connectivity index (χ1n) is 6.51. The molecule has 21 heavy (non-hydrogen) atoms. The van der Waals surface area contributed by atoms with Crippen LogP contribution < -0.4 is 0 Å². The number of aryl methyl sites for hydroxylation is 3. The molecule has 2 heterocycles. The van der Waals surface area contributed by atoms with Crippen LogP contribution in [-0.2, 0) is 25.9 Å². The zero-order valence-corrected chi connectivity index (χ0v) is 12.2. The van der Waals surface area contributed by atoms with E-state index < -0.39 is 0 Å². The minimum atomic E-state index is 0.326. The molecule has 2 aromatic heterocycles. The molecule has 0 saturated heterocycles. The van der Waals surface area contributed by atoms with Gasteiger partial charge in [0, 0.05) is 20.0 Å². The Morgan fingerprint density at radius 1 is 1.38 bits per heavy atom. The van der Waals surface area contributed by atoms with E-state index in [1.54, 1.807) is 17.1 Å². The monoisotopic (exact) mass is 300 g/mol. The summed E-state index contributed by atoms with van der Waals surface area (Å²) >= 11 is 5.98. The molecule has 0 radical (unpaired) electrons. The van der Waals surface area contributed by atoms with E-state index in [-0.39, 0.29) is 0 Å². The summed E-state index contributed by atoms with van der Waals surface area (Å²) in [5.74, 6) is 1.89. The van der Waals surface area contributed by atoms with Crippen molar-refractivity contribution in [2.24, 2.45) is 7.05 Å². The lowest BCUT2D eigenvalue weighted by molar-refractivity contribution is 0.654. The number of benzene rings is 1. The minimum Gasteiger partial charge on any atom is -0.326 e. The summed E-state index contributed by atoms with van der Waals surface area (Å²) in [6, 6.07) is 7.59. The van der Waals surface area contributed by atoms with Gasteiger partial charge in [-0.05, 0) is 18.2 Å². The van der Waals surface area contributed by atoms with Crippen LogP contribution in [0.2, 0.25) is 0 Å². The van der Waals surface area contributed by atoms with Gasteiger partial charge in [-0.3, -0.25) is 4.68 Å². The zero-order valence-electron chi connectivity index (χ0n) is 11.5. The molecule has 0 N–H and O–H groups in total. The number of halogens is 1. The van der Waals surface area contributed by atoms with E-state index in [1.165, 1.54) is 0 Å². The summed E-state index contributed by atoms with van der Waals surface area (Å²) in [4.78, 5) is 8.72. The average molecular weight is 301 g/mol. The molecule has 0 atom stereocenters. The maximum Gasteiger partial charge on any atom is 0.152 e. The van der Waals surface area contributed by atoms with Gasteiger partial charge in [-0.2, -0.15) is 10.4 Å². The van der Waals surface area contributed by atoms with Crippen molar-refractivity contribution >= 4 is 22.6 Å². The summed E-state index contributed by atoms with van der Waals surface area (Å²) < 4.78 is 3.71. The van der Waals surface area contributed by atoms with Crippen molar-refractivity contribution < 1.29 is 0 Å². The number of imidazole rings is 1. The van der Waals surface area contributed by atoms with Gasteiger partial charge >= 0.3 is 0 Å². The van der Waals surface area contributed by atoms with Gasteiger partial charge in [-0.15, -0.1) is 11.6 Å². The van der Waals surface area contributed by atoms with Gasteiger partial charge in [-0.25, -0.2) is 9.97 Å². The molecular weight excluding hydrogens is 288 g/mol. The highest BCUT2D eigenvalue weighted by Crippen LogP contribution is 2.19. The Hall–Kier alpha value is -2.39. The van der Waals surface area contributed by atoms with Gasteiger partial charge in [-0.1, -0.05) is 0 Å². The second kappa shape index (κ2) is 5.54. The molecule has 0 aliphatic rings. The van der Waals surface area contributed by atoms with E-state index in [9.17, 15) is 0 Å². The van der Waals surface area contributed by atoms with Crippen molar-refractivity contribution in [3.8, 4) is 6.07 Å². The summed E-state index contributed by atoms with van der Waals surface area (Å²) in [7, 11) is 1.84. The zero-order chi connectivity index (χ0) is 14.8. The Kier molecular flexibility index (Phi) is 3.59. The number of hydrogen-bond donors (Lipinski definition) is 0. The van der Waals surface area contributed by atoms with Gasteiger partial charge in [0.15, 0.2) is 5.82 Å². The number of nitrogens with zero attached hydrogens (tertiary/aromatic N) is 6. The van der Waals surface area contributed by atoms with Crippen LogP contribution in [0, 0.1) is 11.3 Å². The molecular formula is C14H13ClN6. The Bertz CT molecular complexity index is 826. The first kappa shape index (κ1) is 13.6. The highest BCUT2D eigenvalue weighted by molar-refractivity contribution is 6.16. The molecule has 6 nitrogen and oxygen atoms in total. The Morgan fingerprint density at radius 2 is 2.24 bits per heavy atom. The van der Waals surface area contributed by atoms with Gasteiger partial charge in [0.2, 0.25) is 0 Å². The normalized spacial score (nSPS) is 10.9. The molecule has 1 aromatic carbocycles. The first-order valence-corrected chi connectivity index (χ1v) is 7.04. The number of rotatable bonds is 4. The smallest absolute Gasteiger partial charge is 0.152 e. The number of hydrogen-bond acceptors (Lipinski definition) is 4. The number of alkyl halides is 1. The maximum absolute atomic E-state index is 9.03. The summed E-state index contributed by atoms with van der Waals surface area (Å²) in [5.41, 5.74) is 2.37. The fourth-order valence-corrected chi connectivity index (χ4v) is 2.51. The molecule has 0 fully saturated rings. The Balaban J connectivity index is 1.97. The van der Waals surface area contributed by atoms with Crippen molar-refractivity contribution in [1.82, 2.24) is 24.3 Å². The number of aromatic nitrogens is 5. The van der Waals surface area contributed by atoms with Crippen LogP contribution in [0.1, 0.15) is 17.2 Å². The van der Waals surface area contributed by atoms with E-state index in [1.807, 2.05) is 23.7 Å². The van der Waals surface area contributed by atoms with E-state index in [0.717, 1.165) is 22.7 Å². The fourth-order valence-electron chi connectivity index (χ4n) is 2.30. The van der Waals surface area contributed by atoms with Crippen LogP contribution in [0.3, 0.4) is 0 Å². The number of nitriles is 1. The highest BCUT2D eigenvalue weighted by atomic mass is 35.5. The lowest BCUT2D eigenvalue weighted by Gasteiger charge is -2.06. The van der Waals surface area contributed by atoms with E-state index in [4.69, 9.17) is 16.9 Å². The van der Waals surface area contributed by atoms with Crippen LogP contribution >= 0.6 is 11.6 Å². The molecule has 3 rings (SSSR count). The maximum atomic E-state index is 9.03. The number of fused-ring (bicyclic) bond motifs is 1. The SMILES string of the molecule is Cn1cnc(CCn2c(CCl)nc3ccc(C#N)cc32)n1. The minimum absolute atomic E-state index is 0.326. The van der Waals surface area contributed by atoms with Crippen molar-refractivity contribution in [3.63, 3.8) is 0 Å². The van der Waals surface area contributed by atoms with Crippen LogP contribution in [-0.4, -0.2) is 24.3 Å². The topological polar surface area (TPSA) is 72.3 Å². The van der Waals surface area contributed by atoms with E-state index >= 15 is 0 Å². The third kappa shape index (κ3) is 2.60. The summed E-state index contributed by atoms with van der Waals surface area (Å²) in [5, 5.41) is 13.3. The lowest BCUT2D eigenvalue weighted by atomic mass is 10.2. The van der Waals surface area contributed by atoms with Crippen LogP contribution in [0.4, 0.5) is 0 Å². The van der Waals surface area contributed by atoms with Crippen molar-refractivity contribution in [2.45, 2.75) is 18.8 Å². The molecule has 0 bridgehead atoms. The summed E-state index contributed by atoms with van der Waals surface area (Å²) in [6.45, 7) is 0.678. The van der Waals surface area contributed by atoms with Crippen LogP contribution in [0.25, 0.3) is 11.0 Å². The standard InChI is InChI=1S/C14H13ClN6/c1-20-9-17-13(19-20)4-5-21-12-6-10(8-16)2-3-11(12)18-14(21)7-15/h2-3,6,9H,4-5,7H2,1H3. The van der Waals surface area contributed by atoms with Gasteiger partial charge in [0.25, 0.3) is 0 Å². The van der Waals surface area contributed by atoms with E-state index in [2.05, 4.69) is 21.1 Å². The first-order chi connectivity index (χ1) is 10.2. The molecule has 0 spiro atoms. The molecule has 0 aliphatic heterocycles. The molecule has 0 amide bonds. The molecule has 0 saturated carbocycles. The quantitative estimate of drug-likeness (QED) is 0.691. The second-order valence-corrected chi connectivity index (χ2v) is 4.98. The Labute approximate surface area is 126 Å². The molecule has 106 valence electrons. The van der Waals surface area contributed by atoms with Gasteiger partial charge in [0.1, 0.15) is 12.2 Å². The van der Waals surface area contributed by atoms with Gasteiger partial charge in [0.05, 0.1) is 28.5 Å². The van der Waals surface area contributed by atoms with Crippen LogP contribution in [0.15, 0.2) is 24.5 Å². The third-order valence-electron chi connectivity index (χ3n) is 3.28. The second-order valence-electron chi connectivity index (χ2n) is 4.71. The third-order valence-corrected chi connectivity index (χ3v) is 3.52. The van der Waals surface area contributed by atoms with Crippen molar-refractivity contribution in [2.75, 3.05) is 0 Å². The van der Waals surface area contributed by atoms with Crippen molar-refractivity contribution in [1.29, 1.82) is 5.26 Å².